The second-order valence-electron chi connectivity index (χ2n) is 4.00. The zero-order valence-corrected chi connectivity index (χ0v) is 10.8. The van der Waals surface area contributed by atoms with E-state index in [0.717, 1.165) is 12.8 Å². The van der Waals surface area contributed by atoms with E-state index >= 15 is 0 Å². The fourth-order valence-corrected chi connectivity index (χ4v) is 2.23. The number of amides is 1. The molecule has 5 heteroatoms. The van der Waals surface area contributed by atoms with Gasteiger partial charge < -0.3 is 10.1 Å². The van der Waals surface area contributed by atoms with E-state index < -0.39 is 5.82 Å². The first-order chi connectivity index (χ1) is 8.18. The van der Waals surface area contributed by atoms with Crippen molar-refractivity contribution in [2.24, 2.45) is 5.92 Å². The van der Waals surface area contributed by atoms with E-state index in [2.05, 4.69) is 21.2 Å². The maximum Gasteiger partial charge on any atom is 0.229 e. The molecule has 1 unspecified atom stereocenters. The molecule has 1 amide bonds. The number of benzene rings is 1. The molecule has 0 spiro atoms. The highest BCUT2D eigenvalue weighted by Crippen LogP contribution is 2.26. The predicted octanol–water partition coefficient (Wildman–Crippen LogP) is 2.95. The highest BCUT2D eigenvalue weighted by atomic mass is 79.9. The van der Waals surface area contributed by atoms with Crippen molar-refractivity contribution < 1.29 is 13.9 Å². The molecule has 1 fully saturated rings. The van der Waals surface area contributed by atoms with Crippen LogP contribution in [0.5, 0.6) is 0 Å². The predicted molar refractivity (Wildman–Crippen MR) is 66.3 cm³/mol. The summed E-state index contributed by atoms with van der Waals surface area (Å²) in [4.78, 5) is 11.9. The molecule has 0 radical (unpaired) electrons. The summed E-state index contributed by atoms with van der Waals surface area (Å²) in [7, 11) is 0. The summed E-state index contributed by atoms with van der Waals surface area (Å²) >= 11 is 3.21. The van der Waals surface area contributed by atoms with Gasteiger partial charge in [0.25, 0.3) is 0 Å². The lowest BCUT2D eigenvalue weighted by Gasteiger charge is -2.21. The van der Waals surface area contributed by atoms with Crippen LogP contribution in [0, 0.1) is 11.7 Å². The highest BCUT2D eigenvalue weighted by Gasteiger charge is 2.23. The van der Waals surface area contributed by atoms with Gasteiger partial charge in [0.05, 0.1) is 18.2 Å². The first-order valence-corrected chi connectivity index (χ1v) is 6.30. The molecule has 0 aliphatic carbocycles. The van der Waals surface area contributed by atoms with Crippen molar-refractivity contribution in [3.05, 3.63) is 28.5 Å². The Balaban J connectivity index is 2.07. The lowest BCUT2D eigenvalue weighted by molar-refractivity contribution is -0.123. The molecular formula is C12H13BrFNO2. The normalized spacial score (nSPS) is 20.0. The van der Waals surface area contributed by atoms with Gasteiger partial charge in [0, 0.05) is 11.1 Å². The standard InChI is InChI=1S/C12H13BrFNO2/c13-9-4-1-5-10(14)11(9)15-12(16)8-3-2-6-17-7-8/h1,4-5,8H,2-3,6-7H2,(H,15,16). The van der Waals surface area contributed by atoms with Crippen molar-refractivity contribution in [2.45, 2.75) is 12.8 Å². The van der Waals surface area contributed by atoms with Crippen molar-refractivity contribution in [3.63, 3.8) is 0 Å². The molecule has 1 heterocycles. The number of hydrogen-bond donors (Lipinski definition) is 1. The average Bonchev–Trinajstić information content (AvgIpc) is 2.35. The molecule has 1 atom stereocenters. The first-order valence-electron chi connectivity index (χ1n) is 5.51. The number of halogens is 2. The fourth-order valence-electron chi connectivity index (χ4n) is 1.79. The van der Waals surface area contributed by atoms with E-state index in [-0.39, 0.29) is 17.5 Å². The van der Waals surface area contributed by atoms with Crippen molar-refractivity contribution in [3.8, 4) is 0 Å². The molecule has 1 saturated heterocycles. The van der Waals surface area contributed by atoms with Crippen LogP contribution in [-0.4, -0.2) is 19.1 Å². The number of rotatable bonds is 2. The Morgan fingerprint density at radius 1 is 1.53 bits per heavy atom. The minimum Gasteiger partial charge on any atom is -0.381 e. The van der Waals surface area contributed by atoms with Gasteiger partial charge in [-0.2, -0.15) is 0 Å². The summed E-state index contributed by atoms with van der Waals surface area (Å²) in [5, 5.41) is 2.61. The van der Waals surface area contributed by atoms with Crippen molar-refractivity contribution in [2.75, 3.05) is 18.5 Å². The largest absolute Gasteiger partial charge is 0.381 e. The van der Waals surface area contributed by atoms with Gasteiger partial charge in [0.2, 0.25) is 5.91 Å². The third kappa shape index (κ3) is 3.04. The molecule has 0 aromatic heterocycles. The van der Waals surface area contributed by atoms with E-state index in [1.165, 1.54) is 6.07 Å². The average molecular weight is 302 g/mol. The van der Waals surface area contributed by atoms with Crippen LogP contribution in [0.25, 0.3) is 0 Å². The van der Waals surface area contributed by atoms with Gasteiger partial charge in [0.15, 0.2) is 0 Å². The number of nitrogens with one attached hydrogen (secondary N) is 1. The summed E-state index contributed by atoms with van der Waals surface area (Å²) < 4.78 is 19.3. The number of carbonyl (C=O) groups is 1. The summed E-state index contributed by atoms with van der Waals surface area (Å²) in [6, 6.07) is 4.59. The first kappa shape index (κ1) is 12.5. The minimum absolute atomic E-state index is 0.185. The molecule has 2 rings (SSSR count). The number of para-hydroxylation sites is 1. The lowest BCUT2D eigenvalue weighted by Crippen LogP contribution is -2.30. The fraction of sp³-hybridized carbons (Fsp3) is 0.417. The van der Waals surface area contributed by atoms with Crippen molar-refractivity contribution in [1.29, 1.82) is 0 Å². The molecule has 1 aliphatic heterocycles. The van der Waals surface area contributed by atoms with Crippen LogP contribution in [0.1, 0.15) is 12.8 Å². The smallest absolute Gasteiger partial charge is 0.229 e. The molecule has 92 valence electrons. The molecule has 1 N–H and O–H groups in total. The second kappa shape index (κ2) is 5.60. The Kier molecular flexibility index (Phi) is 4.12. The zero-order chi connectivity index (χ0) is 12.3. The van der Waals surface area contributed by atoms with Crippen molar-refractivity contribution in [1.82, 2.24) is 0 Å². The monoisotopic (exact) mass is 301 g/mol. The second-order valence-corrected chi connectivity index (χ2v) is 4.85. The highest BCUT2D eigenvalue weighted by molar-refractivity contribution is 9.10. The van der Waals surface area contributed by atoms with Crippen LogP contribution < -0.4 is 5.32 Å². The van der Waals surface area contributed by atoms with Gasteiger partial charge >= 0.3 is 0 Å². The van der Waals surface area contributed by atoms with Gasteiger partial charge in [-0.25, -0.2) is 4.39 Å². The van der Waals surface area contributed by atoms with Gasteiger partial charge in [-0.1, -0.05) is 6.07 Å². The van der Waals surface area contributed by atoms with Crippen molar-refractivity contribution >= 4 is 27.5 Å². The van der Waals surface area contributed by atoms with E-state index in [4.69, 9.17) is 4.74 Å². The van der Waals surface area contributed by atoms with E-state index in [1.807, 2.05) is 0 Å². The number of ether oxygens (including phenoxy) is 1. The molecule has 1 aliphatic rings. The van der Waals surface area contributed by atoms with Crippen LogP contribution >= 0.6 is 15.9 Å². The summed E-state index contributed by atoms with van der Waals surface area (Å²) in [6.45, 7) is 1.12. The summed E-state index contributed by atoms with van der Waals surface area (Å²) in [5.74, 6) is -0.810. The minimum atomic E-state index is -0.440. The van der Waals surface area contributed by atoms with E-state index in [1.54, 1.807) is 12.1 Å². The maximum atomic E-state index is 13.5. The van der Waals surface area contributed by atoms with Gasteiger partial charge in [-0.15, -0.1) is 0 Å². The zero-order valence-electron chi connectivity index (χ0n) is 9.21. The maximum absolute atomic E-state index is 13.5. The Hall–Kier alpha value is -0.940. The summed E-state index contributed by atoms with van der Waals surface area (Å²) in [6.07, 6.45) is 1.66. The van der Waals surface area contributed by atoms with Crippen LogP contribution in [0.2, 0.25) is 0 Å². The Labute approximate surface area is 107 Å². The van der Waals surface area contributed by atoms with Crippen LogP contribution in [0.3, 0.4) is 0 Å². The molecule has 0 bridgehead atoms. The molecule has 3 nitrogen and oxygen atoms in total. The molecule has 1 aromatic rings. The molecular weight excluding hydrogens is 289 g/mol. The van der Waals surface area contributed by atoms with Crippen LogP contribution in [-0.2, 0) is 9.53 Å². The van der Waals surface area contributed by atoms with Gasteiger partial charge in [-0.3, -0.25) is 4.79 Å². The lowest BCUT2D eigenvalue weighted by atomic mass is 10.0. The van der Waals surface area contributed by atoms with Crippen LogP contribution in [0.15, 0.2) is 22.7 Å². The van der Waals surface area contributed by atoms with E-state index in [0.29, 0.717) is 17.7 Å². The molecule has 17 heavy (non-hydrogen) atoms. The molecule has 1 aromatic carbocycles. The Bertz CT molecular complexity index is 399. The topological polar surface area (TPSA) is 38.3 Å². The third-order valence-corrected chi connectivity index (χ3v) is 3.40. The summed E-state index contributed by atoms with van der Waals surface area (Å²) in [5.41, 5.74) is 0.197. The number of carbonyl (C=O) groups excluding carboxylic acids is 1. The van der Waals surface area contributed by atoms with E-state index in [9.17, 15) is 9.18 Å². The number of hydrogen-bond acceptors (Lipinski definition) is 2. The third-order valence-electron chi connectivity index (χ3n) is 2.74. The van der Waals surface area contributed by atoms with Crippen LogP contribution in [0.4, 0.5) is 10.1 Å². The van der Waals surface area contributed by atoms with Gasteiger partial charge in [0.1, 0.15) is 5.82 Å². The Morgan fingerprint density at radius 2 is 2.35 bits per heavy atom. The number of anilines is 1. The Morgan fingerprint density at radius 3 is 3.00 bits per heavy atom. The quantitative estimate of drug-likeness (QED) is 0.912. The molecule has 0 saturated carbocycles. The SMILES string of the molecule is O=C(Nc1c(F)cccc1Br)C1CCCOC1. The van der Waals surface area contributed by atoms with Gasteiger partial charge in [-0.05, 0) is 40.9 Å².